The summed E-state index contributed by atoms with van der Waals surface area (Å²) in [6, 6.07) is 5.62. The third kappa shape index (κ3) is 8.08. The number of carbonyl (C=O) groups excluding carboxylic acids is 2. The number of esters is 1. The van der Waals surface area contributed by atoms with Crippen molar-refractivity contribution in [1.82, 2.24) is 4.98 Å². The normalized spacial score (nSPS) is 28.5. The second-order valence-corrected chi connectivity index (χ2v) is 11.0. The molecule has 36 heavy (non-hydrogen) atoms. The van der Waals surface area contributed by atoms with Gasteiger partial charge in [-0.1, -0.05) is 38.5 Å². The van der Waals surface area contributed by atoms with E-state index in [2.05, 4.69) is 11.1 Å². The number of pyridine rings is 1. The molecule has 1 aromatic heterocycles. The zero-order valence-corrected chi connectivity index (χ0v) is 22.0. The van der Waals surface area contributed by atoms with Crippen LogP contribution in [-0.4, -0.2) is 51.0 Å². The fourth-order valence-electron chi connectivity index (χ4n) is 4.30. The zero-order valence-electron chi connectivity index (χ0n) is 22.0. The van der Waals surface area contributed by atoms with Gasteiger partial charge in [-0.2, -0.15) is 0 Å². The van der Waals surface area contributed by atoms with E-state index in [4.69, 9.17) is 9.47 Å². The Balaban J connectivity index is 1.82. The average Bonchev–Trinajstić information content (AvgIpc) is 3.67. The van der Waals surface area contributed by atoms with Crippen LogP contribution in [0.5, 0.6) is 0 Å². The Bertz CT molecular complexity index is 948. The van der Waals surface area contributed by atoms with Crippen LogP contribution in [0.4, 0.5) is 0 Å². The lowest BCUT2D eigenvalue weighted by Crippen LogP contribution is -2.56. The Morgan fingerprint density at radius 2 is 1.89 bits per heavy atom. The molecule has 0 saturated heterocycles. The van der Waals surface area contributed by atoms with Crippen molar-refractivity contribution in [2.45, 2.75) is 103 Å². The smallest absolute Gasteiger partial charge is 0.306 e. The van der Waals surface area contributed by atoms with Crippen LogP contribution < -0.4 is 0 Å². The molecule has 0 aromatic carbocycles. The summed E-state index contributed by atoms with van der Waals surface area (Å²) in [4.78, 5) is 30.6. The highest BCUT2D eigenvalue weighted by atomic mass is 16.6. The van der Waals surface area contributed by atoms with Crippen molar-refractivity contribution in [1.29, 1.82) is 0 Å². The molecule has 0 spiro atoms. The molecule has 3 unspecified atom stereocenters. The Kier molecular flexibility index (Phi) is 9.61. The van der Waals surface area contributed by atoms with E-state index in [9.17, 15) is 19.8 Å². The lowest BCUT2D eigenvalue weighted by molar-refractivity contribution is -0.264. The van der Waals surface area contributed by atoms with Crippen LogP contribution >= 0.6 is 0 Å². The van der Waals surface area contributed by atoms with Gasteiger partial charge in [0, 0.05) is 30.4 Å². The molecule has 3 rings (SSSR count). The summed E-state index contributed by atoms with van der Waals surface area (Å²) in [5.41, 5.74) is 0.911. The SMILES string of the molecule is CC1=CCC(C=Cc2ccccn2)OC(=O)CCC(C)(C)C(=O)C(OC2CC2)C(O)(O)C(C)CCC1. The van der Waals surface area contributed by atoms with Gasteiger partial charge >= 0.3 is 5.97 Å². The highest BCUT2D eigenvalue weighted by molar-refractivity contribution is 5.89. The number of carbonyl (C=O) groups is 2. The highest BCUT2D eigenvalue weighted by Gasteiger charge is 2.51. The van der Waals surface area contributed by atoms with Crippen molar-refractivity contribution >= 4 is 17.8 Å². The van der Waals surface area contributed by atoms with Crippen LogP contribution in [0, 0.1) is 11.3 Å². The Labute approximate surface area is 214 Å². The first-order chi connectivity index (χ1) is 17.0. The number of rotatable bonds is 4. The van der Waals surface area contributed by atoms with E-state index < -0.39 is 41.1 Å². The van der Waals surface area contributed by atoms with Crippen molar-refractivity contribution in [2.24, 2.45) is 11.3 Å². The fraction of sp³-hybridized carbons (Fsp3) is 0.621. The minimum absolute atomic E-state index is 0.0327. The first-order valence-corrected chi connectivity index (χ1v) is 13.1. The summed E-state index contributed by atoms with van der Waals surface area (Å²) >= 11 is 0. The first-order valence-electron chi connectivity index (χ1n) is 13.1. The van der Waals surface area contributed by atoms with E-state index in [-0.39, 0.29) is 18.9 Å². The van der Waals surface area contributed by atoms with Crippen molar-refractivity contribution in [3.63, 3.8) is 0 Å². The Hall–Kier alpha value is -2.35. The number of Topliss-reactive ketones (excluding diaryl/α,β-unsaturated/α-hetero) is 1. The number of allylic oxidation sites excluding steroid dienone is 1. The predicted octanol–water partition coefficient (Wildman–Crippen LogP) is 4.77. The maximum Gasteiger partial charge on any atom is 0.306 e. The number of hydrogen-bond acceptors (Lipinski definition) is 7. The molecular formula is C29H41NO6. The number of aromatic nitrogens is 1. The number of cyclic esters (lactones) is 1. The minimum atomic E-state index is -2.28. The van der Waals surface area contributed by atoms with Gasteiger partial charge in [0.05, 0.1) is 11.8 Å². The van der Waals surface area contributed by atoms with Crippen LogP contribution in [0.25, 0.3) is 6.08 Å². The van der Waals surface area contributed by atoms with Crippen LogP contribution in [0.15, 0.2) is 42.1 Å². The Morgan fingerprint density at radius 3 is 2.56 bits per heavy atom. The number of nitrogens with zero attached hydrogens (tertiary/aromatic N) is 1. The second-order valence-electron chi connectivity index (χ2n) is 11.0. The molecule has 1 fully saturated rings. The lowest BCUT2D eigenvalue weighted by atomic mass is 9.76. The summed E-state index contributed by atoms with van der Waals surface area (Å²) < 4.78 is 11.7. The molecule has 3 atom stereocenters. The zero-order chi connectivity index (χ0) is 26.3. The van der Waals surface area contributed by atoms with Crippen LogP contribution in [0.2, 0.25) is 0 Å². The molecule has 1 aliphatic heterocycles. The Morgan fingerprint density at radius 1 is 1.14 bits per heavy atom. The van der Waals surface area contributed by atoms with Gasteiger partial charge in [0.1, 0.15) is 6.10 Å². The quantitative estimate of drug-likeness (QED) is 0.349. The van der Waals surface area contributed by atoms with Crippen molar-refractivity contribution < 1.29 is 29.3 Å². The number of ketones is 1. The largest absolute Gasteiger partial charge is 0.458 e. The number of hydrogen-bond donors (Lipinski definition) is 2. The van der Waals surface area contributed by atoms with Gasteiger partial charge in [-0.3, -0.25) is 14.6 Å². The predicted molar refractivity (Wildman–Crippen MR) is 138 cm³/mol. The van der Waals surface area contributed by atoms with E-state index in [1.165, 1.54) is 0 Å². The van der Waals surface area contributed by atoms with Gasteiger partial charge in [0.2, 0.25) is 0 Å². The molecule has 1 saturated carbocycles. The molecule has 2 aliphatic rings. The minimum Gasteiger partial charge on any atom is -0.458 e. The van der Waals surface area contributed by atoms with E-state index >= 15 is 0 Å². The molecule has 7 heteroatoms. The third-order valence-electron chi connectivity index (χ3n) is 7.18. The van der Waals surface area contributed by atoms with Crippen LogP contribution in [-0.2, 0) is 19.1 Å². The van der Waals surface area contributed by atoms with E-state index in [0.29, 0.717) is 12.8 Å². The van der Waals surface area contributed by atoms with Gasteiger partial charge in [-0.25, -0.2) is 0 Å². The molecule has 0 amide bonds. The summed E-state index contributed by atoms with van der Waals surface area (Å²) in [5, 5.41) is 22.2. The molecule has 198 valence electrons. The standard InChI is InChI=1S/C29H41NO6/c1-20-8-7-9-21(2)29(33,34)27(36-24-15-16-24)26(32)28(3,4)18-17-25(31)35-23(13-11-20)14-12-22-10-5-6-19-30-22/h5-6,10-12,14,19,21,23-24,27,33-34H,7-9,13,15-18H2,1-4H3. The molecule has 1 aliphatic carbocycles. The van der Waals surface area contributed by atoms with Gasteiger partial charge in [-0.05, 0) is 69.7 Å². The first kappa shape index (κ1) is 28.2. The number of ether oxygens (including phenoxy) is 2. The topological polar surface area (TPSA) is 106 Å². The lowest BCUT2D eigenvalue weighted by Gasteiger charge is -2.39. The monoisotopic (exact) mass is 499 g/mol. The second kappa shape index (κ2) is 12.3. The van der Waals surface area contributed by atoms with E-state index in [1.807, 2.05) is 37.3 Å². The molecule has 7 nitrogen and oxygen atoms in total. The fourth-order valence-corrected chi connectivity index (χ4v) is 4.30. The van der Waals surface area contributed by atoms with E-state index in [0.717, 1.165) is 37.0 Å². The van der Waals surface area contributed by atoms with Crippen molar-refractivity contribution in [3.8, 4) is 0 Å². The maximum absolute atomic E-state index is 13.5. The van der Waals surface area contributed by atoms with Crippen molar-refractivity contribution in [3.05, 3.63) is 47.8 Å². The molecule has 0 bridgehead atoms. The average molecular weight is 500 g/mol. The summed E-state index contributed by atoms with van der Waals surface area (Å²) in [6.07, 6.45) is 9.94. The van der Waals surface area contributed by atoms with Crippen molar-refractivity contribution in [2.75, 3.05) is 0 Å². The molecule has 2 heterocycles. The van der Waals surface area contributed by atoms with Gasteiger partial charge in [0.15, 0.2) is 17.7 Å². The van der Waals surface area contributed by atoms with Crippen LogP contribution in [0.3, 0.4) is 0 Å². The molecular weight excluding hydrogens is 458 g/mol. The maximum atomic E-state index is 13.5. The third-order valence-corrected chi connectivity index (χ3v) is 7.18. The molecule has 1 aromatic rings. The number of aliphatic hydroxyl groups is 2. The highest BCUT2D eigenvalue weighted by Crippen LogP contribution is 2.37. The summed E-state index contributed by atoms with van der Waals surface area (Å²) in [5.74, 6) is -3.64. The van der Waals surface area contributed by atoms with Crippen LogP contribution in [0.1, 0.15) is 84.8 Å². The van der Waals surface area contributed by atoms with Gasteiger partial charge in [-0.15, -0.1) is 0 Å². The summed E-state index contributed by atoms with van der Waals surface area (Å²) in [6.45, 7) is 7.22. The molecule has 2 N–H and O–H groups in total. The van der Waals surface area contributed by atoms with E-state index in [1.54, 1.807) is 27.0 Å². The molecule has 0 radical (unpaired) electrons. The summed E-state index contributed by atoms with van der Waals surface area (Å²) in [7, 11) is 0. The van der Waals surface area contributed by atoms with Gasteiger partial charge < -0.3 is 19.7 Å². The van der Waals surface area contributed by atoms with Gasteiger partial charge in [0.25, 0.3) is 0 Å².